The van der Waals surface area contributed by atoms with Crippen molar-refractivity contribution in [2.75, 3.05) is 0 Å². The van der Waals surface area contributed by atoms with Gasteiger partial charge in [-0.15, -0.1) is 0 Å². The zero-order valence-electron chi connectivity index (χ0n) is 7.17. The first-order valence-corrected chi connectivity index (χ1v) is 3.86. The van der Waals surface area contributed by atoms with Gasteiger partial charge in [0.25, 0.3) is 0 Å². The fourth-order valence-corrected chi connectivity index (χ4v) is 1.05. The average Bonchev–Trinajstić information content (AvgIpc) is 2.05. The van der Waals surface area contributed by atoms with Crippen molar-refractivity contribution in [3.05, 3.63) is 47.5 Å². The van der Waals surface area contributed by atoms with Crippen molar-refractivity contribution in [2.24, 2.45) is 0 Å². The lowest BCUT2D eigenvalue weighted by Gasteiger charge is -1.98. The second-order valence-electron chi connectivity index (χ2n) is 2.94. The van der Waals surface area contributed by atoms with Gasteiger partial charge in [0.2, 0.25) is 0 Å². The third-order valence-corrected chi connectivity index (χ3v) is 1.59. The van der Waals surface area contributed by atoms with E-state index in [9.17, 15) is 0 Å². The minimum atomic E-state index is 0.709. The molecule has 0 N–H and O–H groups in total. The van der Waals surface area contributed by atoms with Gasteiger partial charge in [-0.05, 0) is 31.0 Å². The molecule has 0 heterocycles. The van der Waals surface area contributed by atoms with E-state index in [2.05, 4.69) is 12.6 Å². The van der Waals surface area contributed by atoms with E-state index in [1.54, 1.807) is 0 Å². The van der Waals surface area contributed by atoms with Crippen molar-refractivity contribution in [2.45, 2.75) is 13.3 Å². The van der Waals surface area contributed by atoms with Crippen LogP contribution in [0.15, 0.2) is 36.4 Å². The summed E-state index contributed by atoms with van der Waals surface area (Å²) in [5.74, 6) is 0. The van der Waals surface area contributed by atoms with Gasteiger partial charge < -0.3 is 0 Å². The summed E-state index contributed by atoms with van der Waals surface area (Å²) in [5.41, 5.74) is 3.06. The maximum Gasteiger partial charge on any atom is 0.0991 e. The van der Waals surface area contributed by atoms with Crippen molar-refractivity contribution in [3.63, 3.8) is 0 Å². The molecule has 0 unspecified atom stereocenters. The highest BCUT2D eigenvalue weighted by atomic mass is 14.2. The van der Waals surface area contributed by atoms with Gasteiger partial charge >= 0.3 is 0 Å². The lowest BCUT2D eigenvalue weighted by molar-refractivity contribution is 1.15. The molecule has 0 radical (unpaired) electrons. The highest BCUT2D eigenvalue weighted by Crippen LogP contribution is 2.07. The molecule has 0 bridgehead atoms. The molecule has 0 saturated carbocycles. The molecule has 0 aliphatic heterocycles. The van der Waals surface area contributed by atoms with Crippen molar-refractivity contribution in [1.82, 2.24) is 0 Å². The minimum absolute atomic E-state index is 0.709. The summed E-state index contributed by atoms with van der Waals surface area (Å²) < 4.78 is 0. The molecule has 0 atom stereocenters. The van der Waals surface area contributed by atoms with Crippen molar-refractivity contribution < 1.29 is 0 Å². The first-order chi connectivity index (χ1) is 5.72. The number of hydrogen-bond acceptors (Lipinski definition) is 1. The maximum atomic E-state index is 8.54. The summed E-state index contributed by atoms with van der Waals surface area (Å²) in [4.78, 5) is 0. The third-order valence-electron chi connectivity index (χ3n) is 1.59. The number of benzene rings is 1. The molecule has 1 aromatic carbocycles. The molecule has 0 aliphatic rings. The predicted octanol–water partition coefficient (Wildman–Crippen LogP) is 2.68. The molecule has 12 heavy (non-hydrogen) atoms. The molecule has 1 aromatic rings. The molecule has 0 aromatic heterocycles. The first kappa shape index (κ1) is 8.55. The van der Waals surface area contributed by atoms with E-state index >= 15 is 0 Å². The van der Waals surface area contributed by atoms with Gasteiger partial charge in [0.05, 0.1) is 11.6 Å². The molecular weight excluding hydrogens is 146 g/mol. The zero-order chi connectivity index (χ0) is 8.97. The first-order valence-electron chi connectivity index (χ1n) is 3.86. The Morgan fingerprint density at radius 1 is 1.42 bits per heavy atom. The van der Waals surface area contributed by atoms with Crippen LogP contribution in [0.25, 0.3) is 0 Å². The van der Waals surface area contributed by atoms with Crippen LogP contribution in [-0.2, 0) is 6.42 Å². The highest BCUT2D eigenvalue weighted by Gasteiger charge is 1.93. The van der Waals surface area contributed by atoms with E-state index in [0.29, 0.717) is 5.56 Å². The third kappa shape index (κ3) is 2.25. The molecule has 0 aliphatic carbocycles. The lowest BCUT2D eigenvalue weighted by Crippen LogP contribution is -1.85. The number of allylic oxidation sites excluding steroid dienone is 1. The summed E-state index contributed by atoms with van der Waals surface area (Å²) in [6, 6.07) is 9.68. The van der Waals surface area contributed by atoms with Crippen LogP contribution in [0.2, 0.25) is 0 Å². The van der Waals surface area contributed by atoms with Crippen molar-refractivity contribution in [1.29, 1.82) is 5.26 Å². The Balaban J connectivity index is 2.80. The van der Waals surface area contributed by atoms with Gasteiger partial charge in [-0.25, -0.2) is 0 Å². The largest absolute Gasteiger partial charge is 0.192 e. The second kappa shape index (κ2) is 3.73. The van der Waals surface area contributed by atoms with Gasteiger partial charge in [-0.2, -0.15) is 5.26 Å². The van der Waals surface area contributed by atoms with Crippen LogP contribution in [0, 0.1) is 11.3 Å². The van der Waals surface area contributed by atoms with E-state index in [-0.39, 0.29) is 0 Å². The SMILES string of the molecule is C=C(C)Cc1ccc(C#N)cc1. The van der Waals surface area contributed by atoms with Gasteiger partial charge in [0, 0.05) is 0 Å². The van der Waals surface area contributed by atoms with E-state index < -0.39 is 0 Å². The van der Waals surface area contributed by atoms with Crippen LogP contribution in [0.3, 0.4) is 0 Å². The van der Waals surface area contributed by atoms with Crippen LogP contribution >= 0.6 is 0 Å². The van der Waals surface area contributed by atoms with Crippen LogP contribution < -0.4 is 0 Å². The van der Waals surface area contributed by atoms with Gasteiger partial charge in [0.15, 0.2) is 0 Å². The molecule has 0 amide bonds. The number of rotatable bonds is 2. The van der Waals surface area contributed by atoms with E-state index in [0.717, 1.165) is 12.0 Å². The molecule has 0 spiro atoms. The summed E-state index contributed by atoms with van der Waals surface area (Å²) in [6.07, 6.45) is 0.895. The lowest BCUT2D eigenvalue weighted by atomic mass is 10.1. The Bertz CT molecular complexity index is 314. The minimum Gasteiger partial charge on any atom is -0.192 e. The topological polar surface area (TPSA) is 23.8 Å². The quantitative estimate of drug-likeness (QED) is 0.605. The second-order valence-corrected chi connectivity index (χ2v) is 2.94. The molecule has 1 heteroatoms. The number of nitrogens with zero attached hydrogens (tertiary/aromatic N) is 1. The molecule has 0 saturated heterocycles. The standard InChI is InChI=1S/C11H11N/c1-9(2)7-10-3-5-11(8-12)6-4-10/h3-6H,1,7H2,2H3. The normalized spacial score (nSPS) is 9.00. The van der Waals surface area contributed by atoms with Crippen LogP contribution in [0.5, 0.6) is 0 Å². The van der Waals surface area contributed by atoms with Gasteiger partial charge in [-0.1, -0.05) is 24.3 Å². The van der Waals surface area contributed by atoms with E-state index in [4.69, 9.17) is 5.26 Å². The Morgan fingerprint density at radius 2 is 2.00 bits per heavy atom. The van der Waals surface area contributed by atoms with Crippen LogP contribution in [-0.4, -0.2) is 0 Å². The summed E-state index contributed by atoms with van der Waals surface area (Å²) in [5, 5.41) is 8.54. The average molecular weight is 157 g/mol. The smallest absolute Gasteiger partial charge is 0.0991 e. The van der Waals surface area contributed by atoms with Crippen LogP contribution in [0.1, 0.15) is 18.1 Å². The molecule has 1 rings (SSSR count). The van der Waals surface area contributed by atoms with Gasteiger partial charge in [-0.3, -0.25) is 0 Å². The monoisotopic (exact) mass is 157 g/mol. The number of hydrogen-bond donors (Lipinski definition) is 0. The highest BCUT2D eigenvalue weighted by molar-refractivity contribution is 5.32. The maximum absolute atomic E-state index is 8.54. The van der Waals surface area contributed by atoms with Crippen molar-refractivity contribution >= 4 is 0 Å². The van der Waals surface area contributed by atoms with Crippen molar-refractivity contribution in [3.8, 4) is 6.07 Å². The van der Waals surface area contributed by atoms with E-state index in [1.165, 1.54) is 5.56 Å². The summed E-state index contributed by atoms with van der Waals surface area (Å²) >= 11 is 0. The Kier molecular flexibility index (Phi) is 2.66. The Labute approximate surface area is 73.0 Å². The Morgan fingerprint density at radius 3 is 2.42 bits per heavy atom. The van der Waals surface area contributed by atoms with Gasteiger partial charge in [0.1, 0.15) is 0 Å². The molecular formula is C11H11N. The van der Waals surface area contributed by atoms with Crippen LogP contribution in [0.4, 0.5) is 0 Å². The van der Waals surface area contributed by atoms with E-state index in [1.807, 2.05) is 31.2 Å². The zero-order valence-corrected chi connectivity index (χ0v) is 7.17. The molecule has 0 fully saturated rings. The fourth-order valence-electron chi connectivity index (χ4n) is 1.05. The summed E-state index contributed by atoms with van der Waals surface area (Å²) in [7, 11) is 0. The molecule has 1 nitrogen and oxygen atoms in total. The molecule has 60 valence electrons. The Hall–Kier alpha value is -1.55. The predicted molar refractivity (Wildman–Crippen MR) is 49.7 cm³/mol. The summed E-state index contributed by atoms with van der Waals surface area (Å²) in [6.45, 7) is 5.83. The fraction of sp³-hybridized carbons (Fsp3) is 0.182. The number of nitriles is 1.